The molecule has 0 atom stereocenters. The minimum Gasteiger partial charge on any atom is -0.507 e. The largest absolute Gasteiger partial charge is 0.507 e. The van der Waals surface area contributed by atoms with Crippen LogP contribution in [0.15, 0.2) is 48.5 Å². The van der Waals surface area contributed by atoms with Gasteiger partial charge in [0.15, 0.2) is 0 Å². The summed E-state index contributed by atoms with van der Waals surface area (Å²) in [6.45, 7) is 38.5. The van der Waals surface area contributed by atoms with E-state index in [1.165, 1.54) is 0 Å². The molecule has 0 radical (unpaired) electrons. The van der Waals surface area contributed by atoms with Crippen LogP contribution in [0.25, 0.3) is 0 Å². The van der Waals surface area contributed by atoms with Gasteiger partial charge in [-0.3, -0.25) is 9.59 Å². The van der Waals surface area contributed by atoms with Gasteiger partial charge in [0, 0.05) is 25.7 Å². The number of phenols is 4. The molecule has 0 aromatic heterocycles. The van der Waals surface area contributed by atoms with E-state index < -0.39 is 0 Å². The molecule has 0 bridgehead atoms. The summed E-state index contributed by atoms with van der Waals surface area (Å²) in [6.07, 6.45) is 5.12. The fraction of sp³-hybridized carbons (Fsp3) is 0.581. The Morgan fingerprint density at radius 2 is 0.643 bits per heavy atom. The van der Waals surface area contributed by atoms with E-state index in [1.54, 1.807) is 0 Å². The molecule has 70 heavy (non-hydrogen) atoms. The van der Waals surface area contributed by atoms with Gasteiger partial charge in [0.05, 0.1) is 13.2 Å². The Morgan fingerprint density at radius 3 is 0.914 bits per heavy atom. The van der Waals surface area contributed by atoms with Gasteiger partial charge in [0.25, 0.3) is 0 Å². The third-order valence-corrected chi connectivity index (χ3v) is 13.4. The minimum absolute atomic E-state index is 0.133. The van der Waals surface area contributed by atoms with Crippen molar-refractivity contribution in [2.45, 2.75) is 221 Å². The van der Waals surface area contributed by atoms with Gasteiger partial charge < -0.3 is 29.9 Å². The average molecular weight is 963 g/mol. The lowest BCUT2D eigenvalue weighted by atomic mass is 9.77. The zero-order valence-corrected chi connectivity index (χ0v) is 46.5. The fourth-order valence-corrected chi connectivity index (χ4v) is 8.87. The third kappa shape index (κ3) is 15.8. The van der Waals surface area contributed by atoms with Gasteiger partial charge in [-0.15, -0.1) is 0 Å². The van der Waals surface area contributed by atoms with Crippen LogP contribution >= 0.6 is 0 Å². The Labute approximate surface area is 422 Å². The van der Waals surface area contributed by atoms with Crippen molar-refractivity contribution in [2.24, 2.45) is 0 Å². The standard InChI is InChI=1S/C62H90O8/c1-57(2,3)45-35-43(55(67)49(37-45)61(13,14)15)33-41-29-39(31-47(53(41)65)59(7,8)9)23-25-51(63)69-27-21-19-20-22-28-70-52(64)26-24-40-30-42(54(66)48(32-40)60(10,11)12)34-44-36-46(58(4,5)6)38-50(56(44)68)62(16,17)18/h29-32,35-38,65-68H,19-28,33-34H2,1-18H3. The van der Waals surface area contributed by atoms with Gasteiger partial charge in [0.1, 0.15) is 23.0 Å². The summed E-state index contributed by atoms with van der Waals surface area (Å²) in [6, 6.07) is 16.2. The number of esters is 2. The molecule has 0 aliphatic rings. The molecule has 0 heterocycles. The van der Waals surface area contributed by atoms with Crippen LogP contribution in [-0.2, 0) is 77.2 Å². The molecule has 0 aliphatic heterocycles. The van der Waals surface area contributed by atoms with Gasteiger partial charge in [0.2, 0.25) is 0 Å². The predicted octanol–water partition coefficient (Wildman–Crippen LogP) is 14.7. The van der Waals surface area contributed by atoms with Gasteiger partial charge in [-0.05, 0) is 138 Å². The van der Waals surface area contributed by atoms with E-state index in [-0.39, 0.29) is 80.3 Å². The van der Waals surface area contributed by atoms with E-state index in [0.29, 0.717) is 51.7 Å². The molecule has 8 nitrogen and oxygen atoms in total. The van der Waals surface area contributed by atoms with E-state index >= 15 is 0 Å². The number of aryl methyl sites for hydroxylation is 2. The highest BCUT2D eigenvalue weighted by Gasteiger charge is 2.29. The van der Waals surface area contributed by atoms with Crippen LogP contribution in [0.4, 0.5) is 0 Å². The third-order valence-electron chi connectivity index (χ3n) is 13.4. The quantitative estimate of drug-likeness (QED) is 0.0607. The van der Waals surface area contributed by atoms with Crippen molar-refractivity contribution >= 4 is 11.9 Å². The highest BCUT2D eigenvalue weighted by Crippen LogP contribution is 2.43. The Bertz CT molecular complexity index is 2290. The Kier molecular flexibility index (Phi) is 18.3. The molecule has 4 N–H and O–H groups in total. The van der Waals surface area contributed by atoms with Crippen LogP contribution in [0, 0.1) is 0 Å². The first-order chi connectivity index (χ1) is 32.0. The van der Waals surface area contributed by atoms with Gasteiger partial charge in [-0.2, -0.15) is 0 Å². The smallest absolute Gasteiger partial charge is 0.306 e. The van der Waals surface area contributed by atoms with Crippen molar-refractivity contribution in [3.05, 3.63) is 115 Å². The second-order valence-corrected chi connectivity index (χ2v) is 26.1. The number of carbonyl (C=O) groups excluding carboxylic acids is 2. The highest BCUT2D eigenvalue weighted by atomic mass is 16.5. The van der Waals surface area contributed by atoms with E-state index in [9.17, 15) is 30.0 Å². The van der Waals surface area contributed by atoms with Gasteiger partial charge >= 0.3 is 11.9 Å². The lowest BCUT2D eigenvalue weighted by molar-refractivity contribution is -0.145. The lowest BCUT2D eigenvalue weighted by Gasteiger charge is -2.28. The summed E-state index contributed by atoms with van der Waals surface area (Å²) >= 11 is 0. The maximum absolute atomic E-state index is 12.9. The zero-order valence-electron chi connectivity index (χ0n) is 46.5. The predicted molar refractivity (Wildman–Crippen MR) is 287 cm³/mol. The first kappa shape index (κ1) is 57.6. The number of aromatic hydroxyl groups is 4. The van der Waals surface area contributed by atoms with Crippen molar-refractivity contribution in [3.8, 4) is 23.0 Å². The number of carbonyl (C=O) groups is 2. The Morgan fingerprint density at radius 1 is 0.371 bits per heavy atom. The van der Waals surface area contributed by atoms with Gasteiger partial charge in [-0.1, -0.05) is 173 Å². The van der Waals surface area contributed by atoms with E-state index in [1.807, 2.05) is 24.3 Å². The maximum Gasteiger partial charge on any atom is 0.306 e. The number of phenolic OH excluding ortho intramolecular Hbond substituents is 4. The number of rotatable bonds is 17. The summed E-state index contributed by atoms with van der Waals surface area (Å²) in [7, 11) is 0. The van der Waals surface area contributed by atoms with Crippen LogP contribution in [0.5, 0.6) is 23.0 Å². The molecule has 0 saturated heterocycles. The van der Waals surface area contributed by atoms with E-state index in [4.69, 9.17) is 9.47 Å². The first-order valence-corrected chi connectivity index (χ1v) is 25.7. The number of ether oxygens (including phenoxy) is 2. The molecule has 4 aromatic carbocycles. The van der Waals surface area contributed by atoms with E-state index in [0.717, 1.165) is 79.6 Å². The summed E-state index contributed by atoms with van der Waals surface area (Å²) in [5, 5.41) is 46.2. The summed E-state index contributed by atoms with van der Waals surface area (Å²) in [5.41, 5.74) is 8.93. The molecule has 0 amide bonds. The van der Waals surface area contributed by atoms with Gasteiger partial charge in [-0.25, -0.2) is 0 Å². The van der Waals surface area contributed by atoms with Crippen molar-refractivity contribution in [1.82, 2.24) is 0 Å². The summed E-state index contributed by atoms with van der Waals surface area (Å²) < 4.78 is 11.2. The van der Waals surface area contributed by atoms with Crippen molar-refractivity contribution in [3.63, 3.8) is 0 Å². The fourth-order valence-electron chi connectivity index (χ4n) is 8.87. The number of hydrogen-bond donors (Lipinski definition) is 4. The SMILES string of the molecule is CC(C)(C)c1cc(Cc2cc(CCC(=O)OCCCCCCOC(=O)CCc3cc(Cc4cc(C(C)(C)C)cc(C(C)(C)C)c4O)c(O)c(C(C)(C)C)c3)cc(C(C)(C)C)c2O)c(O)c(C(C)(C)C)c1. The second-order valence-electron chi connectivity index (χ2n) is 26.1. The van der Waals surface area contributed by atoms with Crippen molar-refractivity contribution in [1.29, 1.82) is 0 Å². The second kappa shape index (κ2) is 22.2. The number of benzene rings is 4. The Hall–Kier alpha value is -4.98. The normalized spacial score (nSPS) is 12.9. The van der Waals surface area contributed by atoms with Crippen LogP contribution in [0.3, 0.4) is 0 Å². The zero-order chi connectivity index (χ0) is 52.9. The monoisotopic (exact) mass is 963 g/mol. The number of unbranched alkanes of at least 4 members (excludes halogenated alkanes) is 3. The molecular formula is C62H90O8. The molecule has 0 fully saturated rings. The van der Waals surface area contributed by atoms with Crippen molar-refractivity contribution < 1.29 is 39.5 Å². The summed E-state index contributed by atoms with van der Waals surface area (Å²) in [5.74, 6) is 0.401. The molecule has 0 aliphatic carbocycles. The molecular weight excluding hydrogens is 873 g/mol. The molecule has 0 unspecified atom stereocenters. The summed E-state index contributed by atoms with van der Waals surface area (Å²) in [4.78, 5) is 25.9. The Balaban J connectivity index is 1.28. The average Bonchev–Trinajstić information content (AvgIpc) is 3.20. The van der Waals surface area contributed by atoms with Crippen LogP contribution in [0.2, 0.25) is 0 Å². The molecule has 386 valence electrons. The first-order valence-electron chi connectivity index (χ1n) is 25.7. The van der Waals surface area contributed by atoms with Crippen LogP contribution in [0.1, 0.15) is 230 Å². The van der Waals surface area contributed by atoms with Crippen molar-refractivity contribution in [2.75, 3.05) is 13.2 Å². The molecule has 8 heteroatoms. The molecule has 4 aromatic rings. The lowest BCUT2D eigenvalue weighted by Crippen LogP contribution is -2.18. The number of hydrogen-bond acceptors (Lipinski definition) is 8. The van der Waals surface area contributed by atoms with Crippen LogP contribution < -0.4 is 0 Å². The minimum atomic E-state index is -0.348. The molecule has 4 rings (SSSR count). The topological polar surface area (TPSA) is 134 Å². The molecule has 0 spiro atoms. The van der Waals surface area contributed by atoms with E-state index in [2.05, 4.69) is 149 Å². The van der Waals surface area contributed by atoms with Crippen LogP contribution in [-0.4, -0.2) is 45.6 Å². The maximum atomic E-state index is 12.9. The highest BCUT2D eigenvalue weighted by molar-refractivity contribution is 5.70. The molecule has 0 saturated carbocycles.